The van der Waals surface area contributed by atoms with Crippen molar-refractivity contribution in [3.63, 3.8) is 0 Å². The maximum atomic E-state index is 10.5. The first kappa shape index (κ1) is 8.94. The molecule has 0 aromatic rings. The fourth-order valence-corrected chi connectivity index (χ4v) is 2.14. The molecule has 0 spiro atoms. The molecule has 1 fully saturated rings. The van der Waals surface area contributed by atoms with E-state index in [0.29, 0.717) is 17.6 Å². The van der Waals surface area contributed by atoms with Crippen LogP contribution in [0, 0.1) is 11.8 Å². The lowest BCUT2D eigenvalue weighted by Crippen LogP contribution is -2.11. The molecule has 0 saturated heterocycles. The SMILES string of the molecule is C=CCC(CS(=O)O)C1CC1. The lowest BCUT2D eigenvalue weighted by atomic mass is 10.0. The molecule has 1 saturated carbocycles. The monoisotopic (exact) mass is 174 g/mol. The summed E-state index contributed by atoms with van der Waals surface area (Å²) < 4.78 is 19.2. The Kier molecular flexibility index (Phi) is 3.27. The van der Waals surface area contributed by atoms with E-state index in [1.165, 1.54) is 12.8 Å². The van der Waals surface area contributed by atoms with Gasteiger partial charge in [-0.2, -0.15) is 0 Å². The summed E-state index contributed by atoms with van der Waals surface area (Å²) in [7, 11) is 0. The van der Waals surface area contributed by atoms with Crippen molar-refractivity contribution in [1.29, 1.82) is 0 Å². The highest BCUT2D eigenvalue weighted by Gasteiger charge is 2.30. The maximum Gasteiger partial charge on any atom is 0.153 e. The van der Waals surface area contributed by atoms with Crippen LogP contribution in [-0.2, 0) is 11.1 Å². The van der Waals surface area contributed by atoms with Crippen LogP contribution in [0.4, 0.5) is 0 Å². The molecule has 1 rings (SSSR count). The van der Waals surface area contributed by atoms with Gasteiger partial charge in [-0.1, -0.05) is 6.08 Å². The molecule has 0 aromatic heterocycles. The Bertz CT molecular complexity index is 163. The maximum absolute atomic E-state index is 10.5. The smallest absolute Gasteiger partial charge is 0.153 e. The third kappa shape index (κ3) is 3.16. The average molecular weight is 174 g/mol. The zero-order valence-electron chi connectivity index (χ0n) is 6.53. The lowest BCUT2D eigenvalue weighted by molar-refractivity contribution is 0.492. The first-order valence-electron chi connectivity index (χ1n) is 3.92. The zero-order chi connectivity index (χ0) is 8.27. The van der Waals surface area contributed by atoms with E-state index >= 15 is 0 Å². The van der Waals surface area contributed by atoms with Crippen LogP contribution in [0.3, 0.4) is 0 Å². The van der Waals surface area contributed by atoms with Gasteiger partial charge in [0.15, 0.2) is 11.1 Å². The Morgan fingerprint density at radius 1 is 1.73 bits per heavy atom. The normalized spacial score (nSPS) is 22.6. The summed E-state index contributed by atoms with van der Waals surface area (Å²) in [6.07, 6.45) is 5.19. The predicted molar refractivity (Wildman–Crippen MR) is 46.7 cm³/mol. The second-order valence-electron chi connectivity index (χ2n) is 3.11. The Balaban J connectivity index is 2.31. The van der Waals surface area contributed by atoms with Crippen molar-refractivity contribution < 1.29 is 8.76 Å². The van der Waals surface area contributed by atoms with Crippen molar-refractivity contribution in [2.24, 2.45) is 11.8 Å². The highest BCUT2D eigenvalue weighted by atomic mass is 32.2. The van der Waals surface area contributed by atoms with Gasteiger partial charge in [0.05, 0.1) is 5.75 Å². The molecule has 0 radical (unpaired) electrons. The molecule has 64 valence electrons. The van der Waals surface area contributed by atoms with Crippen molar-refractivity contribution in [2.75, 3.05) is 5.75 Å². The fourth-order valence-electron chi connectivity index (χ4n) is 1.36. The minimum absolute atomic E-state index is 0.401. The predicted octanol–water partition coefficient (Wildman–Crippen LogP) is 1.81. The molecule has 1 aliphatic rings. The molecule has 0 bridgehead atoms. The molecular formula is C8H14O2S. The van der Waals surface area contributed by atoms with E-state index in [0.717, 1.165) is 6.42 Å². The second-order valence-corrected chi connectivity index (χ2v) is 4.09. The van der Waals surface area contributed by atoms with Crippen molar-refractivity contribution >= 4 is 11.1 Å². The van der Waals surface area contributed by atoms with Gasteiger partial charge in [0.2, 0.25) is 0 Å². The van der Waals surface area contributed by atoms with E-state index in [1.54, 1.807) is 0 Å². The van der Waals surface area contributed by atoms with Gasteiger partial charge in [0.25, 0.3) is 0 Å². The standard InChI is InChI=1S/C8H14O2S/c1-2-3-8(6-11(9)10)7-4-5-7/h2,7-8H,1,3-6H2,(H,9,10). The molecular weight excluding hydrogens is 160 g/mol. The summed E-state index contributed by atoms with van der Waals surface area (Å²) >= 11 is -1.63. The largest absolute Gasteiger partial charge is 0.306 e. The third-order valence-electron chi connectivity index (χ3n) is 2.11. The molecule has 0 aliphatic heterocycles. The van der Waals surface area contributed by atoms with Gasteiger partial charge in [-0.25, -0.2) is 4.21 Å². The number of allylic oxidation sites excluding steroid dienone is 1. The fraction of sp³-hybridized carbons (Fsp3) is 0.750. The molecule has 11 heavy (non-hydrogen) atoms. The van der Waals surface area contributed by atoms with E-state index in [2.05, 4.69) is 6.58 Å². The molecule has 0 amide bonds. The molecule has 1 aliphatic carbocycles. The summed E-state index contributed by atoms with van der Waals surface area (Å²) in [6, 6.07) is 0. The molecule has 1 N–H and O–H groups in total. The van der Waals surface area contributed by atoms with Crippen molar-refractivity contribution in [1.82, 2.24) is 0 Å². The molecule has 0 aromatic carbocycles. The van der Waals surface area contributed by atoms with Crippen LogP contribution in [0.2, 0.25) is 0 Å². The minimum atomic E-state index is -1.63. The molecule has 2 atom stereocenters. The molecule has 2 unspecified atom stereocenters. The summed E-state index contributed by atoms with van der Waals surface area (Å²) in [5.41, 5.74) is 0. The van der Waals surface area contributed by atoms with Crippen LogP contribution in [0.1, 0.15) is 19.3 Å². The average Bonchev–Trinajstić information content (AvgIpc) is 2.66. The quantitative estimate of drug-likeness (QED) is 0.510. The van der Waals surface area contributed by atoms with Gasteiger partial charge in [-0.15, -0.1) is 6.58 Å². The van der Waals surface area contributed by atoms with Gasteiger partial charge in [0, 0.05) is 0 Å². The van der Waals surface area contributed by atoms with Gasteiger partial charge in [-0.05, 0) is 31.1 Å². The van der Waals surface area contributed by atoms with Gasteiger partial charge >= 0.3 is 0 Å². The van der Waals surface area contributed by atoms with Gasteiger partial charge in [-0.3, -0.25) is 0 Å². The summed E-state index contributed by atoms with van der Waals surface area (Å²) in [5.74, 6) is 1.53. The van der Waals surface area contributed by atoms with Crippen LogP contribution in [-0.4, -0.2) is 14.5 Å². The molecule has 3 heteroatoms. The Morgan fingerprint density at radius 2 is 2.36 bits per heavy atom. The number of hydrogen-bond donors (Lipinski definition) is 1. The Labute approximate surface area is 70.0 Å². The van der Waals surface area contributed by atoms with Crippen LogP contribution in [0.5, 0.6) is 0 Å². The van der Waals surface area contributed by atoms with Crippen molar-refractivity contribution in [3.05, 3.63) is 12.7 Å². The number of hydrogen-bond acceptors (Lipinski definition) is 1. The molecule has 2 nitrogen and oxygen atoms in total. The topological polar surface area (TPSA) is 37.3 Å². The minimum Gasteiger partial charge on any atom is -0.306 e. The van der Waals surface area contributed by atoms with Gasteiger partial charge in [0.1, 0.15) is 0 Å². The lowest BCUT2D eigenvalue weighted by Gasteiger charge is -2.09. The van der Waals surface area contributed by atoms with E-state index in [4.69, 9.17) is 4.55 Å². The summed E-state index contributed by atoms with van der Waals surface area (Å²) in [6.45, 7) is 3.64. The highest BCUT2D eigenvalue weighted by Crippen LogP contribution is 2.38. The van der Waals surface area contributed by atoms with Crippen LogP contribution < -0.4 is 0 Å². The van der Waals surface area contributed by atoms with Crippen LogP contribution in [0.15, 0.2) is 12.7 Å². The first-order chi connectivity index (χ1) is 5.24. The third-order valence-corrected chi connectivity index (χ3v) is 2.83. The Hall–Kier alpha value is -0.150. The highest BCUT2D eigenvalue weighted by molar-refractivity contribution is 7.79. The van der Waals surface area contributed by atoms with Crippen molar-refractivity contribution in [2.45, 2.75) is 19.3 Å². The Morgan fingerprint density at radius 3 is 2.73 bits per heavy atom. The van der Waals surface area contributed by atoms with Gasteiger partial charge < -0.3 is 4.55 Å². The number of rotatable bonds is 5. The van der Waals surface area contributed by atoms with Crippen LogP contribution in [0.25, 0.3) is 0 Å². The van der Waals surface area contributed by atoms with E-state index in [1.807, 2.05) is 6.08 Å². The van der Waals surface area contributed by atoms with Crippen molar-refractivity contribution in [3.8, 4) is 0 Å². The van der Waals surface area contributed by atoms with E-state index < -0.39 is 11.1 Å². The van der Waals surface area contributed by atoms with E-state index in [-0.39, 0.29) is 0 Å². The van der Waals surface area contributed by atoms with Crippen LogP contribution >= 0.6 is 0 Å². The molecule has 0 heterocycles. The first-order valence-corrected chi connectivity index (χ1v) is 5.20. The second kappa shape index (κ2) is 4.02. The summed E-state index contributed by atoms with van der Waals surface area (Å²) in [5, 5.41) is 0. The van der Waals surface area contributed by atoms with E-state index in [9.17, 15) is 4.21 Å². The summed E-state index contributed by atoms with van der Waals surface area (Å²) in [4.78, 5) is 0. The zero-order valence-corrected chi connectivity index (χ0v) is 7.35.